The van der Waals surface area contributed by atoms with E-state index in [1.807, 2.05) is 0 Å². The Kier molecular flexibility index (Phi) is 8.55. The number of aliphatic imine (C=N–C) groups is 1. The van der Waals surface area contributed by atoms with E-state index in [4.69, 9.17) is 12.2 Å². The number of aliphatic hydroxyl groups excluding tert-OH is 1. The Morgan fingerprint density at radius 3 is 2.26 bits per heavy atom. The van der Waals surface area contributed by atoms with Gasteiger partial charge in [-0.15, -0.1) is 0 Å². The van der Waals surface area contributed by atoms with Gasteiger partial charge in [-0.3, -0.25) is 14.6 Å². The quantitative estimate of drug-likeness (QED) is 0.179. The molecule has 3 heterocycles. The number of aromatic nitrogens is 1. The minimum absolute atomic E-state index is 0.0367. The van der Waals surface area contributed by atoms with Crippen molar-refractivity contribution in [2.75, 3.05) is 5.32 Å². The third-order valence-corrected chi connectivity index (χ3v) is 8.13. The molecule has 1 saturated carbocycles. The van der Waals surface area contributed by atoms with Crippen LogP contribution in [0.5, 0.6) is 0 Å². The summed E-state index contributed by atoms with van der Waals surface area (Å²) in [5.41, 5.74) is -1.13. The first-order valence-corrected chi connectivity index (χ1v) is 13.2. The summed E-state index contributed by atoms with van der Waals surface area (Å²) < 4.78 is 67.1. The van der Waals surface area contributed by atoms with E-state index in [9.17, 15) is 36.6 Å². The van der Waals surface area contributed by atoms with E-state index in [1.54, 1.807) is 4.90 Å². The summed E-state index contributed by atoms with van der Waals surface area (Å²) in [6.07, 6.45) is -3.27. The fraction of sp³-hybridized carbons (Fsp3) is 0.640. The van der Waals surface area contributed by atoms with Gasteiger partial charge in [0.1, 0.15) is 11.9 Å². The molecule has 2 aliphatic heterocycles. The van der Waals surface area contributed by atoms with Crippen LogP contribution in [0.15, 0.2) is 17.3 Å². The van der Waals surface area contributed by atoms with Gasteiger partial charge < -0.3 is 20.6 Å². The third kappa shape index (κ3) is 6.21. The normalized spacial score (nSPS) is 26.3. The van der Waals surface area contributed by atoms with Gasteiger partial charge >= 0.3 is 6.18 Å². The van der Waals surface area contributed by atoms with Gasteiger partial charge in [-0.1, -0.05) is 12.2 Å². The number of aliphatic hydroxyl groups is 1. The molecule has 14 heteroatoms. The number of anilines is 1. The Balaban J connectivity index is 1.66. The van der Waals surface area contributed by atoms with Crippen molar-refractivity contribution in [2.45, 2.75) is 101 Å². The number of halogens is 5. The van der Waals surface area contributed by atoms with Gasteiger partial charge in [-0.05, 0) is 58.4 Å². The molecular formula is C25H30F5N5O3S. The van der Waals surface area contributed by atoms with E-state index in [2.05, 4.69) is 20.6 Å². The van der Waals surface area contributed by atoms with Crippen LogP contribution in [-0.2, 0) is 9.59 Å². The molecule has 3 N–H and O–H groups in total. The van der Waals surface area contributed by atoms with Gasteiger partial charge in [-0.25, -0.2) is 13.8 Å². The molecule has 2 bridgehead atoms. The number of thiocarbonyl (C=S) groups is 1. The predicted molar refractivity (Wildman–Crippen MR) is 137 cm³/mol. The molecule has 1 aromatic rings. The van der Waals surface area contributed by atoms with Crippen LogP contribution in [0.25, 0.3) is 0 Å². The molecule has 0 radical (unpaired) electrons. The standard InChI is InChI=1S/C25H30F5N5O3S/c1-11(23(37)34-17-7-8-18(17)36)32-20(24(38)35-13-3-4-14(35)6-5-13)21(39)16-10-31-19(9-15(16)22(26)27)33-12(2)25(28,29)30/h9-10,12-14,17-18,20,22,36H,3-8H2,1-2H3,(H,31,33)(H,34,37)/b32-11+/t12-,13?,14?,17?,18?,20?/m0/s1. The van der Waals surface area contributed by atoms with Crippen LogP contribution in [-0.4, -0.2) is 79.9 Å². The first kappa shape index (κ1) is 29.2. The molecule has 3 aliphatic rings. The summed E-state index contributed by atoms with van der Waals surface area (Å²) in [5.74, 6) is -1.58. The van der Waals surface area contributed by atoms with Crippen molar-refractivity contribution in [3.63, 3.8) is 0 Å². The van der Waals surface area contributed by atoms with Crippen molar-refractivity contribution < 1.29 is 36.6 Å². The number of nitrogens with one attached hydrogen (secondary N) is 2. The monoisotopic (exact) mass is 575 g/mol. The Morgan fingerprint density at radius 1 is 1.15 bits per heavy atom. The summed E-state index contributed by atoms with van der Waals surface area (Å²) in [6, 6.07) is -3.29. The summed E-state index contributed by atoms with van der Waals surface area (Å²) in [6.45, 7) is 2.19. The second-order valence-electron chi connectivity index (χ2n) is 10.3. The van der Waals surface area contributed by atoms with Gasteiger partial charge in [-0.2, -0.15) is 13.2 Å². The lowest BCUT2D eigenvalue weighted by atomic mass is 9.89. The number of nitrogens with zero attached hydrogens (tertiary/aromatic N) is 3. The maximum atomic E-state index is 14.1. The van der Waals surface area contributed by atoms with Crippen LogP contribution in [0.3, 0.4) is 0 Å². The fourth-order valence-corrected chi connectivity index (χ4v) is 5.53. The molecule has 4 atom stereocenters. The zero-order chi connectivity index (χ0) is 28.6. The Hall–Kier alpha value is -2.74. The lowest BCUT2D eigenvalue weighted by Crippen LogP contribution is -2.52. The molecule has 214 valence electrons. The number of hydrogen-bond donors (Lipinski definition) is 3. The number of rotatable bonds is 9. The van der Waals surface area contributed by atoms with Crippen LogP contribution in [0.2, 0.25) is 0 Å². The smallest absolute Gasteiger partial charge is 0.391 e. The summed E-state index contributed by atoms with van der Waals surface area (Å²) in [7, 11) is 0. The highest BCUT2D eigenvalue weighted by Crippen LogP contribution is 2.38. The first-order chi connectivity index (χ1) is 18.3. The van der Waals surface area contributed by atoms with E-state index in [1.165, 1.54) is 6.92 Å². The largest absolute Gasteiger partial charge is 0.408 e. The minimum Gasteiger partial charge on any atom is -0.391 e. The number of alkyl halides is 5. The highest BCUT2D eigenvalue weighted by Gasteiger charge is 2.45. The zero-order valence-corrected chi connectivity index (χ0v) is 22.2. The second-order valence-corrected chi connectivity index (χ2v) is 10.7. The lowest BCUT2D eigenvalue weighted by molar-refractivity contribution is -0.138. The van der Waals surface area contributed by atoms with Gasteiger partial charge in [0.25, 0.3) is 18.2 Å². The second kappa shape index (κ2) is 11.4. The molecule has 0 aromatic carbocycles. The molecule has 3 unspecified atom stereocenters. The van der Waals surface area contributed by atoms with Crippen molar-refractivity contribution in [1.29, 1.82) is 0 Å². The molecule has 39 heavy (non-hydrogen) atoms. The SMILES string of the molecule is C/C(=N\C(C(=O)N1C2CCC1CC2)C(=S)c1cnc(N[C@@H](C)C(F)(F)F)cc1C(F)F)C(=O)NC1CCC1O. The van der Waals surface area contributed by atoms with Crippen LogP contribution < -0.4 is 10.6 Å². The number of amides is 2. The van der Waals surface area contributed by atoms with E-state index in [-0.39, 0.29) is 28.2 Å². The fourth-order valence-electron chi connectivity index (χ4n) is 5.20. The van der Waals surface area contributed by atoms with Gasteiger partial charge in [0.05, 0.1) is 22.7 Å². The predicted octanol–water partition coefficient (Wildman–Crippen LogP) is 3.72. The average Bonchev–Trinajstić information content (AvgIpc) is 3.48. The van der Waals surface area contributed by atoms with E-state index < -0.39 is 60.0 Å². The zero-order valence-electron chi connectivity index (χ0n) is 21.3. The van der Waals surface area contributed by atoms with Crippen LogP contribution >= 0.6 is 12.2 Å². The average molecular weight is 576 g/mol. The molecule has 1 aromatic heterocycles. The lowest BCUT2D eigenvalue weighted by Gasteiger charge is -2.33. The number of fused-ring (bicyclic) bond motifs is 2. The summed E-state index contributed by atoms with van der Waals surface area (Å²) in [4.78, 5) is 36.0. The third-order valence-electron chi connectivity index (χ3n) is 7.69. The number of pyridine rings is 1. The molecule has 8 nitrogen and oxygen atoms in total. The number of carbonyl (C=O) groups excluding carboxylic acids is 2. The van der Waals surface area contributed by atoms with E-state index in [0.29, 0.717) is 12.8 Å². The van der Waals surface area contributed by atoms with Crippen molar-refractivity contribution >= 4 is 40.4 Å². The van der Waals surface area contributed by atoms with Gasteiger partial charge in [0.2, 0.25) is 0 Å². The van der Waals surface area contributed by atoms with Crippen LogP contribution in [0.4, 0.5) is 27.8 Å². The number of hydrogen-bond acceptors (Lipinski definition) is 7. The molecule has 2 amide bonds. The molecule has 0 spiro atoms. The van der Waals surface area contributed by atoms with Crippen molar-refractivity contribution in [3.8, 4) is 0 Å². The summed E-state index contributed by atoms with van der Waals surface area (Å²) >= 11 is 5.49. The van der Waals surface area contributed by atoms with Crippen molar-refractivity contribution in [1.82, 2.24) is 15.2 Å². The Morgan fingerprint density at radius 2 is 1.77 bits per heavy atom. The highest BCUT2D eigenvalue weighted by atomic mass is 32.1. The first-order valence-electron chi connectivity index (χ1n) is 12.8. The molecule has 3 fully saturated rings. The summed E-state index contributed by atoms with van der Waals surface area (Å²) in [5, 5.41) is 14.5. The van der Waals surface area contributed by atoms with E-state index >= 15 is 0 Å². The molecular weight excluding hydrogens is 545 g/mol. The van der Waals surface area contributed by atoms with Crippen molar-refractivity contribution in [3.05, 3.63) is 23.4 Å². The Bertz CT molecular complexity index is 1140. The maximum absolute atomic E-state index is 14.1. The molecule has 2 saturated heterocycles. The molecule has 4 rings (SSSR count). The van der Waals surface area contributed by atoms with Crippen LogP contribution in [0.1, 0.15) is 69.9 Å². The highest BCUT2D eigenvalue weighted by molar-refractivity contribution is 7.81. The van der Waals surface area contributed by atoms with Gasteiger partial charge in [0.15, 0.2) is 6.04 Å². The number of carbonyl (C=O) groups is 2. The Labute approximate surface area is 227 Å². The van der Waals surface area contributed by atoms with E-state index in [0.717, 1.165) is 44.9 Å². The maximum Gasteiger partial charge on any atom is 0.408 e. The van der Waals surface area contributed by atoms with Crippen molar-refractivity contribution in [2.24, 2.45) is 4.99 Å². The topological polar surface area (TPSA) is 107 Å². The molecule has 1 aliphatic carbocycles. The van der Waals surface area contributed by atoms with Crippen LogP contribution in [0, 0.1) is 0 Å². The minimum atomic E-state index is -4.63. The van der Waals surface area contributed by atoms with Gasteiger partial charge in [0, 0.05) is 29.4 Å².